The summed E-state index contributed by atoms with van der Waals surface area (Å²) in [7, 11) is 1.60. The van der Waals surface area contributed by atoms with Gasteiger partial charge in [-0.2, -0.15) is 0 Å². The van der Waals surface area contributed by atoms with E-state index < -0.39 is 12.0 Å². The molecule has 19 heavy (non-hydrogen) atoms. The molecule has 1 unspecified atom stereocenters. The molecule has 5 heteroatoms. The number of benzene rings is 1. The molecule has 0 saturated carbocycles. The zero-order valence-corrected chi connectivity index (χ0v) is 11.1. The van der Waals surface area contributed by atoms with Gasteiger partial charge in [0.25, 0.3) is 0 Å². The van der Waals surface area contributed by atoms with E-state index in [-0.39, 0.29) is 6.42 Å². The first kappa shape index (κ1) is 13.7. The number of aliphatic carboxylic acids is 1. The molecule has 0 aromatic heterocycles. The lowest BCUT2D eigenvalue weighted by Crippen LogP contribution is -2.32. The molecule has 0 aliphatic carbocycles. The summed E-state index contributed by atoms with van der Waals surface area (Å²) in [5.74, 6) is -0.285. The standard InChI is InChI=1S/C14H20N2O3/c1-19-13-9-11(16-6-2-3-7-16)5-4-10(13)8-12(15)14(17)18/h4-5,9,12H,2-3,6-8,15H2,1H3,(H,17,18). The van der Waals surface area contributed by atoms with Crippen molar-refractivity contribution < 1.29 is 14.6 Å². The topological polar surface area (TPSA) is 75.8 Å². The summed E-state index contributed by atoms with van der Waals surface area (Å²) in [4.78, 5) is 13.1. The highest BCUT2D eigenvalue weighted by Crippen LogP contribution is 2.28. The van der Waals surface area contributed by atoms with Crippen molar-refractivity contribution in [1.82, 2.24) is 0 Å². The average molecular weight is 264 g/mol. The van der Waals surface area contributed by atoms with Crippen LogP contribution in [-0.4, -0.2) is 37.3 Å². The Hall–Kier alpha value is -1.75. The van der Waals surface area contributed by atoms with Crippen molar-refractivity contribution in [3.8, 4) is 5.75 Å². The maximum Gasteiger partial charge on any atom is 0.320 e. The fourth-order valence-corrected chi connectivity index (χ4v) is 2.40. The van der Waals surface area contributed by atoms with Crippen molar-refractivity contribution in [3.05, 3.63) is 23.8 Å². The van der Waals surface area contributed by atoms with E-state index in [0.717, 1.165) is 24.3 Å². The molecule has 1 aromatic rings. The summed E-state index contributed by atoms with van der Waals surface area (Å²) in [6.07, 6.45) is 2.71. The van der Waals surface area contributed by atoms with E-state index >= 15 is 0 Å². The van der Waals surface area contributed by atoms with Crippen molar-refractivity contribution >= 4 is 11.7 Å². The Bertz CT molecular complexity index is 456. The second kappa shape index (κ2) is 5.93. The molecule has 1 saturated heterocycles. The minimum atomic E-state index is -0.995. The van der Waals surface area contributed by atoms with E-state index in [4.69, 9.17) is 15.6 Å². The second-order valence-electron chi connectivity index (χ2n) is 4.84. The van der Waals surface area contributed by atoms with Crippen LogP contribution in [0.2, 0.25) is 0 Å². The van der Waals surface area contributed by atoms with E-state index in [0.29, 0.717) is 5.75 Å². The van der Waals surface area contributed by atoms with Crippen LogP contribution in [0.4, 0.5) is 5.69 Å². The number of hydrogen-bond donors (Lipinski definition) is 2. The van der Waals surface area contributed by atoms with Gasteiger partial charge in [0.1, 0.15) is 11.8 Å². The molecule has 1 aliphatic heterocycles. The summed E-state index contributed by atoms with van der Waals surface area (Å²) < 4.78 is 5.35. The van der Waals surface area contributed by atoms with Gasteiger partial charge in [0.2, 0.25) is 0 Å². The number of carbonyl (C=O) groups is 1. The first-order valence-electron chi connectivity index (χ1n) is 6.52. The Morgan fingerprint density at radius 1 is 1.47 bits per heavy atom. The van der Waals surface area contributed by atoms with Crippen molar-refractivity contribution in [2.45, 2.75) is 25.3 Å². The highest BCUT2D eigenvalue weighted by atomic mass is 16.5. The maximum atomic E-state index is 10.8. The summed E-state index contributed by atoms with van der Waals surface area (Å²) in [6.45, 7) is 2.13. The van der Waals surface area contributed by atoms with Crippen molar-refractivity contribution in [2.24, 2.45) is 5.73 Å². The molecule has 5 nitrogen and oxygen atoms in total. The summed E-state index contributed by atoms with van der Waals surface area (Å²) in [6, 6.07) is 4.99. The average Bonchev–Trinajstić information content (AvgIpc) is 2.93. The van der Waals surface area contributed by atoms with Gasteiger partial charge in [-0.25, -0.2) is 0 Å². The van der Waals surface area contributed by atoms with E-state index in [2.05, 4.69) is 4.90 Å². The molecule has 3 N–H and O–H groups in total. The number of rotatable bonds is 5. The van der Waals surface area contributed by atoms with Crippen LogP contribution in [-0.2, 0) is 11.2 Å². The van der Waals surface area contributed by atoms with Crippen LogP contribution in [0, 0.1) is 0 Å². The fraction of sp³-hybridized carbons (Fsp3) is 0.500. The zero-order valence-electron chi connectivity index (χ0n) is 11.1. The molecule has 1 aromatic carbocycles. The van der Waals surface area contributed by atoms with E-state index in [9.17, 15) is 4.79 Å². The van der Waals surface area contributed by atoms with Crippen LogP contribution in [0.25, 0.3) is 0 Å². The lowest BCUT2D eigenvalue weighted by Gasteiger charge is -2.20. The minimum Gasteiger partial charge on any atom is -0.496 e. The number of methoxy groups -OCH3 is 1. The second-order valence-corrected chi connectivity index (χ2v) is 4.84. The van der Waals surface area contributed by atoms with Crippen LogP contribution in [0.3, 0.4) is 0 Å². The van der Waals surface area contributed by atoms with Gasteiger partial charge < -0.3 is 20.5 Å². The van der Waals surface area contributed by atoms with Crippen molar-refractivity contribution in [1.29, 1.82) is 0 Å². The number of ether oxygens (including phenoxy) is 1. The first-order chi connectivity index (χ1) is 9.11. The van der Waals surface area contributed by atoms with E-state index in [1.807, 2.05) is 18.2 Å². The number of hydrogen-bond acceptors (Lipinski definition) is 4. The zero-order chi connectivity index (χ0) is 13.8. The van der Waals surface area contributed by atoms with Gasteiger partial charge in [0.15, 0.2) is 0 Å². The molecule has 1 heterocycles. The van der Waals surface area contributed by atoms with E-state index in [1.165, 1.54) is 12.8 Å². The largest absolute Gasteiger partial charge is 0.496 e. The Labute approximate surface area is 113 Å². The molecular weight excluding hydrogens is 244 g/mol. The summed E-state index contributed by atoms with van der Waals surface area (Å²) in [5, 5.41) is 8.86. The summed E-state index contributed by atoms with van der Waals surface area (Å²) >= 11 is 0. The number of anilines is 1. The highest BCUT2D eigenvalue weighted by molar-refractivity contribution is 5.73. The van der Waals surface area contributed by atoms with Gasteiger partial charge in [0.05, 0.1) is 7.11 Å². The Morgan fingerprint density at radius 3 is 2.74 bits per heavy atom. The quantitative estimate of drug-likeness (QED) is 0.837. The van der Waals surface area contributed by atoms with Crippen molar-refractivity contribution in [2.75, 3.05) is 25.1 Å². The molecule has 1 atom stereocenters. The lowest BCUT2D eigenvalue weighted by atomic mass is 10.0. The van der Waals surface area contributed by atoms with Crippen LogP contribution in [0.1, 0.15) is 18.4 Å². The maximum absolute atomic E-state index is 10.8. The number of carboxylic acid groups (broad SMARTS) is 1. The van der Waals surface area contributed by atoms with E-state index in [1.54, 1.807) is 7.11 Å². The molecular formula is C14H20N2O3. The Balaban J connectivity index is 2.18. The third-order valence-electron chi connectivity index (χ3n) is 3.50. The van der Waals surface area contributed by atoms with Crippen LogP contribution >= 0.6 is 0 Å². The predicted octanol–water partition coefficient (Wildman–Crippen LogP) is 1.25. The SMILES string of the molecule is COc1cc(N2CCCC2)ccc1CC(N)C(=O)O. The van der Waals surface area contributed by atoms with Crippen LogP contribution in [0.5, 0.6) is 5.75 Å². The number of nitrogens with two attached hydrogens (primary N) is 1. The van der Waals surface area contributed by atoms with Gasteiger partial charge in [-0.1, -0.05) is 6.07 Å². The lowest BCUT2D eigenvalue weighted by molar-refractivity contribution is -0.138. The fourth-order valence-electron chi connectivity index (χ4n) is 2.40. The highest BCUT2D eigenvalue weighted by Gasteiger charge is 2.17. The Morgan fingerprint density at radius 2 is 2.16 bits per heavy atom. The molecule has 1 fully saturated rings. The first-order valence-corrected chi connectivity index (χ1v) is 6.52. The van der Waals surface area contributed by atoms with Gasteiger partial charge in [-0.3, -0.25) is 4.79 Å². The molecule has 0 spiro atoms. The van der Waals surface area contributed by atoms with Gasteiger partial charge in [-0.15, -0.1) is 0 Å². The van der Waals surface area contributed by atoms with Gasteiger partial charge >= 0.3 is 5.97 Å². The third kappa shape index (κ3) is 3.17. The summed E-state index contributed by atoms with van der Waals surface area (Å²) in [5.41, 5.74) is 7.53. The number of nitrogens with zero attached hydrogens (tertiary/aromatic N) is 1. The molecule has 104 valence electrons. The molecule has 0 amide bonds. The Kier molecular flexibility index (Phi) is 4.27. The van der Waals surface area contributed by atoms with Crippen LogP contribution in [0.15, 0.2) is 18.2 Å². The molecule has 0 radical (unpaired) electrons. The van der Waals surface area contributed by atoms with Gasteiger partial charge in [-0.05, 0) is 24.5 Å². The van der Waals surface area contributed by atoms with Crippen molar-refractivity contribution in [3.63, 3.8) is 0 Å². The monoisotopic (exact) mass is 264 g/mol. The smallest absolute Gasteiger partial charge is 0.320 e. The predicted molar refractivity (Wildman–Crippen MR) is 73.8 cm³/mol. The molecule has 2 rings (SSSR count). The minimum absolute atomic E-state index is 0.277. The normalized spacial score (nSPS) is 16.4. The molecule has 1 aliphatic rings. The van der Waals surface area contributed by atoms with Crippen LogP contribution < -0.4 is 15.4 Å². The number of carboxylic acids is 1. The molecule has 0 bridgehead atoms. The van der Waals surface area contributed by atoms with Gasteiger partial charge in [0, 0.05) is 31.3 Å². The third-order valence-corrected chi connectivity index (χ3v) is 3.50.